The highest BCUT2D eigenvalue weighted by molar-refractivity contribution is 9.10. The predicted octanol–water partition coefficient (Wildman–Crippen LogP) is 5.58. The average Bonchev–Trinajstić information content (AvgIpc) is 3.31. The van der Waals surface area contributed by atoms with Crippen LogP contribution >= 0.6 is 15.9 Å². The molecule has 4 nitrogen and oxygen atoms in total. The summed E-state index contributed by atoms with van der Waals surface area (Å²) in [6.07, 6.45) is 1.37. The van der Waals surface area contributed by atoms with Crippen LogP contribution in [0.25, 0.3) is 0 Å². The van der Waals surface area contributed by atoms with Gasteiger partial charge in [-0.05, 0) is 16.7 Å². The topological polar surface area (TPSA) is 55.1 Å². The van der Waals surface area contributed by atoms with Crippen molar-refractivity contribution < 1.29 is 14.3 Å². The van der Waals surface area contributed by atoms with E-state index < -0.39 is 22.5 Å². The van der Waals surface area contributed by atoms with E-state index in [-0.39, 0.29) is 5.69 Å². The van der Waals surface area contributed by atoms with Crippen molar-refractivity contribution in [1.29, 1.82) is 0 Å². The van der Waals surface area contributed by atoms with E-state index in [2.05, 4.69) is 20.9 Å². The molecule has 1 N–H and O–H groups in total. The lowest BCUT2D eigenvalue weighted by Gasteiger charge is -2.37. The van der Waals surface area contributed by atoms with E-state index in [0.717, 1.165) is 16.7 Å². The number of aromatic nitrogens is 2. The molecule has 156 valence electrons. The quantitative estimate of drug-likeness (QED) is 0.278. The monoisotopic (exact) mass is 478 g/mol. The number of rotatable bonds is 7. The fraction of sp³-hybridized carbons (Fsp3) is 0.120. The molecule has 0 saturated carbocycles. The number of imidazole rings is 1. The van der Waals surface area contributed by atoms with Crippen LogP contribution in [0, 0.1) is 0 Å². The predicted molar refractivity (Wildman–Crippen MR) is 121 cm³/mol. The lowest BCUT2D eigenvalue weighted by molar-refractivity contribution is -0.137. The highest BCUT2D eigenvalue weighted by Gasteiger charge is 2.39. The smallest absolute Gasteiger partial charge is 0.320 e. The molecule has 0 fully saturated rings. The van der Waals surface area contributed by atoms with E-state index in [9.17, 15) is 14.3 Å². The first-order chi connectivity index (χ1) is 15.0. The molecular weight excluding hydrogens is 459 g/mol. The summed E-state index contributed by atoms with van der Waals surface area (Å²) < 4.78 is 16.7. The average molecular weight is 479 g/mol. The first-order valence-electron chi connectivity index (χ1n) is 9.77. The molecule has 0 amide bonds. The van der Waals surface area contributed by atoms with Gasteiger partial charge in [0.05, 0.1) is 12.0 Å². The Kier molecular flexibility index (Phi) is 6.00. The molecule has 1 aromatic heterocycles. The number of carbonyl (C=O) groups is 1. The number of hydrogen-bond donors (Lipinski definition) is 1. The Balaban J connectivity index is 1.99. The van der Waals surface area contributed by atoms with Crippen molar-refractivity contribution in [2.24, 2.45) is 0 Å². The van der Waals surface area contributed by atoms with Crippen LogP contribution < -0.4 is 0 Å². The van der Waals surface area contributed by atoms with Gasteiger partial charge in [0.2, 0.25) is 0 Å². The molecule has 0 radical (unpaired) electrons. The van der Waals surface area contributed by atoms with Crippen LogP contribution in [0.4, 0.5) is 4.39 Å². The number of benzene rings is 3. The minimum absolute atomic E-state index is 0.0523. The number of aliphatic carboxylic acids is 1. The number of nitrogens with zero attached hydrogens (tertiary/aromatic N) is 2. The van der Waals surface area contributed by atoms with E-state index in [0.29, 0.717) is 0 Å². The first-order valence-corrected chi connectivity index (χ1v) is 10.7. The molecule has 0 aliphatic carbocycles. The molecule has 0 bridgehead atoms. The van der Waals surface area contributed by atoms with Gasteiger partial charge in [0.1, 0.15) is 10.4 Å². The maximum Gasteiger partial charge on any atom is 0.320 e. The highest BCUT2D eigenvalue weighted by Crippen LogP contribution is 2.41. The van der Waals surface area contributed by atoms with Crippen LogP contribution in [0.3, 0.4) is 0 Å². The van der Waals surface area contributed by atoms with E-state index in [1.807, 2.05) is 95.6 Å². The van der Waals surface area contributed by atoms with E-state index in [4.69, 9.17) is 0 Å². The molecule has 6 heteroatoms. The third kappa shape index (κ3) is 3.79. The minimum Gasteiger partial charge on any atom is -0.480 e. The first kappa shape index (κ1) is 21.0. The number of carboxylic acid groups (broad SMARTS) is 1. The van der Waals surface area contributed by atoms with Crippen molar-refractivity contribution in [3.05, 3.63) is 126 Å². The summed E-state index contributed by atoms with van der Waals surface area (Å²) in [6.45, 7) is 0. The molecule has 1 heterocycles. The van der Waals surface area contributed by atoms with Gasteiger partial charge in [-0.3, -0.25) is 4.79 Å². The zero-order chi connectivity index (χ0) is 21.8. The van der Waals surface area contributed by atoms with Crippen LogP contribution in [0.15, 0.2) is 104 Å². The number of carboxylic acids is 1. The second kappa shape index (κ2) is 8.86. The second-order valence-corrected chi connectivity index (χ2v) is 8.14. The van der Waals surface area contributed by atoms with Gasteiger partial charge in [-0.15, -0.1) is 0 Å². The zero-order valence-electron chi connectivity index (χ0n) is 16.5. The number of hydrogen-bond acceptors (Lipinski definition) is 2. The molecule has 4 rings (SSSR count). The Morgan fingerprint density at radius 1 is 0.871 bits per heavy atom. The molecule has 3 aromatic carbocycles. The lowest BCUT2D eigenvalue weighted by Crippen LogP contribution is -2.37. The van der Waals surface area contributed by atoms with E-state index in [1.54, 1.807) is 12.5 Å². The summed E-state index contributed by atoms with van der Waals surface area (Å²) in [5, 5.41) is 9.19. The largest absolute Gasteiger partial charge is 0.480 e. The van der Waals surface area contributed by atoms with Crippen molar-refractivity contribution in [3.8, 4) is 0 Å². The Bertz CT molecular complexity index is 1050. The summed E-state index contributed by atoms with van der Waals surface area (Å²) >= 11 is 2.91. The normalized spacial score (nSPS) is 13.5. The maximum absolute atomic E-state index is 14.9. The van der Waals surface area contributed by atoms with Gasteiger partial charge in [-0.2, -0.15) is 0 Å². The molecule has 0 spiro atoms. The Labute approximate surface area is 188 Å². The molecule has 0 aliphatic heterocycles. The van der Waals surface area contributed by atoms with Gasteiger partial charge in [-0.25, -0.2) is 9.37 Å². The molecule has 4 aromatic rings. The van der Waals surface area contributed by atoms with Gasteiger partial charge in [0.15, 0.2) is 6.17 Å². The SMILES string of the molecule is O=C(O)C(Br)C(F)c1cn(C(c2ccccc2)(c2ccccc2)c2ccccc2)cn1. The molecule has 0 aliphatic rings. The summed E-state index contributed by atoms with van der Waals surface area (Å²) in [7, 11) is 0. The fourth-order valence-corrected chi connectivity index (χ4v) is 4.20. The Morgan fingerprint density at radius 2 is 1.29 bits per heavy atom. The van der Waals surface area contributed by atoms with E-state index in [1.165, 1.54) is 0 Å². The van der Waals surface area contributed by atoms with Crippen molar-refractivity contribution in [2.45, 2.75) is 16.5 Å². The van der Waals surface area contributed by atoms with Gasteiger partial charge in [0.25, 0.3) is 0 Å². The van der Waals surface area contributed by atoms with Crippen LogP contribution in [0.2, 0.25) is 0 Å². The van der Waals surface area contributed by atoms with Crippen LogP contribution in [-0.2, 0) is 10.3 Å². The van der Waals surface area contributed by atoms with Crippen LogP contribution in [0.5, 0.6) is 0 Å². The van der Waals surface area contributed by atoms with Gasteiger partial charge in [-0.1, -0.05) is 107 Å². The summed E-state index contributed by atoms with van der Waals surface area (Å²) in [6, 6.07) is 29.8. The standard InChI is InChI=1S/C25H20BrFN2O2/c26-22(24(30)31)23(27)21-16-29(17-28-21)25(18-10-4-1-5-11-18,19-12-6-2-7-13-19)20-14-8-3-9-15-20/h1-17,22-23H,(H,30,31). The molecule has 2 unspecified atom stereocenters. The van der Waals surface area contributed by atoms with Crippen molar-refractivity contribution in [1.82, 2.24) is 9.55 Å². The summed E-state index contributed by atoms with van der Waals surface area (Å²) in [4.78, 5) is 14.1. The van der Waals surface area contributed by atoms with Gasteiger partial charge >= 0.3 is 5.97 Å². The molecular formula is C25H20BrFN2O2. The Morgan fingerprint density at radius 3 is 1.68 bits per heavy atom. The lowest BCUT2D eigenvalue weighted by atomic mass is 9.77. The van der Waals surface area contributed by atoms with Crippen molar-refractivity contribution in [3.63, 3.8) is 0 Å². The molecule has 2 atom stereocenters. The third-order valence-corrected chi connectivity index (χ3v) is 6.20. The summed E-state index contributed by atoms with van der Waals surface area (Å²) in [5.41, 5.74) is 2.15. The minimum atomic E-state index is -1.79. The second-order valence-electron chi connectivity index (χ2n) is 7.16. The highest BCUT2D eigenvalue weighted by atomic mass is 79.9. The number of alkyl halides is 2. The zero-order valence-corrected chi connectivity index (χ0v) is 18.1. The van der Waals surface area contributed by atoms with Gasteiger partial charge < -0.3 is 9.67 Å². The summed E-state index contributed by atoms with van der Waals surface area (Å²) in [5.74, 6) is -1.28. The van der Waals surface area contributed by atoms with E-state index >= 15 is 0 Å². The number of halogens is 2. The van der Waals surface area contributed by atoms with Crippen molar-refractivity contribution >= 4 is 21.9 Å². The van der Waals surface area contributed by atoms with Gasteiger partial charge in [0, 0.05) is 6.20 Å². The molecule has 31 heavy (non-hydrogen) atoms. The van der Waals surface area contributed by atoms with Crippen LogP contribution in [0.1, 0.15) is 28.6 Å². The fourth-order valence-electron chi connectivity index (χ4n) is 3.92. The maximum atomic E-state index is 14.9. The van der Waals surface area contributed by atoms with Crippen molar-refractivity contribution in [2.75, 3.05) is 0 Å². The van der Waals surface area contributed by atoms with Crippen LogP contribution in [-0.4, -0.2) is 25.5 Å². The Hall–Kier alpha value is -3.25. The molecule has 0 saturated heterocycles. The third-order valence-electron chi connectivity index (χ3n) is 5.34.